The number of aromatic nitrogens is 2. The topological polar surface area (TPSA) is 27.1 Å². The van der Waals surface area contributed by atoms with Crippen LogP contribution in [0.25, 0.3) is 16.9 Å². The molecule has 0 fully saturated rings. The molecule has 0 aliphatic heterocycles. The minimum atomic E-state index is -4.37. The Hall–Kier alpha value is -2.31. The van der Waals surface area contributed by atoms with Crippen LogP contribution in [0.1, 0.15) is 18.2 Å². The van der Waals surface area contributed by atoms with Gasteiger partial charge in [-0.3, -0.25) is 0 Å². The highest BCUT2D eigenvalue weighted by atomic mass is 35.5. The van der Waals surface area contributed by atoms with Crippen molar-refractivity contribution in [1.29, 1.82) is 0 Å². The summed E-state index contributed by atoms with van der Waals surface area (Å²) < 4.78 is 44.6. The van der Waals surface area contributed by atoms with E-state index in [1.54, 1.807) is 28.9 Å². The average molecular weight is 395 g/mol. The molecule has 27 heavy (non-hydrogen) atoms. The van der Waals surface area contributed by atoms with Crippen LogP contribution in [0.15, 0.2) is 54.6 Å². The second-order valence-electron chi connectivity index (χ2n) is 6.25. The summed E-state index contributed by atoms with van der Waals surface area (Å²) in [6.45, 7) is 2.76. The summed E-state index contributed by atoms with van der Waals surface area (Å²) in [6, 6.07) is 16.4. The number of ether oxygens (including phenoxy) is 1. The van der Waals surface area contributed by atoms with Crippen molar-refractivity contribution in [3.05, 3.63) is 70.9 Å². The first-order valence-electron chi connectivity index (χ1n) is 8.34. The number of hydrogen-bond acceptors (Lipinski definition) is 2. The predicted molar refractivity (Wildman–Crippen MR) is 99.1 cm³/mol. The van der Waals surface area contributed by atoms with Gasteiger partial charge in [0.2, 0.25) is 0 Å². The Bertz CT molecular complexity index is 920. The second-order valence-corrected chi connectivity index (χ2v) is 6.69. The van der Waals surface area contributed by atoms with Crippen LogP contribution in [0.5, 0.6) is 0 Å². The van der Waals surface area contributed by atoms with Gasteiger partial charge in [0.1, 0.15) is 0 Å². The molecule has 0 aliphatic carbocycles. The zero-order valence-electron chi connectivity index (χ0n) is 14.8. The van der Waals surface area contributed by atoms with Crippen LogP contribution >= 0.6 is 11.6 Å². The van der Waals surface area contributed by atoms with Gasteiger partial charge in [0.25, 0.3) is 0 Å². The maximum absolute atomic E-state index is 12.6. The van der Waals surface area contributed by atoms with E-state index < -0.39 is 12.3 Å². The average Bonchev–Trinajstić information content (AvgIpc) is 3.01. The fourth-order valence-electron chi connectivity index (χ4n) is 2.62. The lowest BCUT2D eigenvalue weighted by Crippen LogP contribution is -2.28. The Morgan fingerprint density at radius 3 is 2.48 bits per heavy atom. The molecule has 1 aromatic heterocycles. The molecule has 2 aromatic carbocycles. The summed E-state index contributed by atoms with van der Waals surface area (Å²) in [4.78, 5) is 0. The van der Waals surface area contributed by atoms with Crippen molar-refractivity contribution < 1.29 is 17.9 Å². The first kappa shape index (κ1) is 19.5. The van der Waals surface area contributed by atoms with Crippen molar-refractivity contribution in [3.63, 3.8) is 0 Å². The van der Waals surface area contributed by atoms with E-state index >= 15 is 0 Å². The molecule has 0 saturated heterocycles. The van der Waals surface area contributed by atoms with Gasteiger partial charge in [-0.2, -0.15) is 18.3 Å². The van der Waals surface area contributed by atoms with Crippen molar-refractivity contribution >= 4 is 11.6 Å². The highest BCUT2D eigenvalue weighted by Crippen LogP contribution is 2.27. The third kappa shape index (κ3) is 4.70. The standard InChI is InChI=1S/C20H18ClF3N2O/c1-13-10-19(26(25-13)18-8-6-17(21)7-9-18)16-5-3-4-15(11-16)12-27-14(2)20(22,23)24/h3-11,14H,12H2,1-2H3/t14-/m1/s1. The van der Waals surface area contributed by atoms with Crippen molar-refractivity contribution in [2.75, 3.05) is 0 Å². The van der Waals surface area contributed by atoms with Gasteiger partial charge in [0, 0.05) is 10.6 Å². The molecule has 3 rings (SSSR count). The maximum Gasteiger partial charge on any atom is 0.414 e. The summed E-state index contributed by atoms with van der Waals surface area (Å²) in [7, 11) is 0. The van der Waals surface area contributed by atoms with E-state index in [1.807, 2.05) is 37.3 Å². The van der Waals surface area contributed by atoms with Gasteiger partial charge < -0.3 is 4.74 Å². The summed E-state index contributed by atoms with van der Waals surface area (Å²) >= 11 is 5.95. The van der Waals surface area contributed by atoms with Crippen LogP contribution < -0.4 is 0 Å². The Morgan fingerprint density at radius 1 is 1.11 bits per heavy atom. The molecule has 7 heteroatoms. The second kappa shape index (κ2) is 7.74. The molecule has 0 aliphatic rings. The van der Waals surface area contributed by atoms with Crippen molar-refractivity contribution in [3.8, 4) is 16.9 Å². The molecule has 142 valence electrons. The first-order valence-corrected chi connectivity index (χ1v) is 8.72. The Labute approximate surface area is 160 Å². The summed E-state index contributed by atoms with van der Waals surface area (Å²) in [5.41, 5.74) is 4.00. The van der Waals surface area contributed by atoms with Crippen LogP contribution in [-0.2, 0) is 11.3 Å². The number of halogens is 4. The molecular formula is C20H18ClF3N2O. The van der Waals surface area contributed by atoms with Crippen molar-refractivity contribution in [2.45, 2.75) is 32.7 Å². The fourth-order valence-corrected chi connectivity index (χ4v) is 2.75. The van der Waals surface area contributed by atoms with Crippen molar-refractivity contribution in [2.24, 2.45) is 0 Å². The zero-order chi connectivity index (χ0) is 19.6. The van der Waals surface area contributed by atoms with Gasteiger partial charge >= 0.3 is 6.18 Å². The lowest BCUT2D eigenvalue weighted by Gasteiger charge is -2.16. The minimum absolute atomic E-state index is 0.122. The van der Waals surface area contributed by atoms with Crippen LogP contribution in [0, 0.1) is 6.92 Å². The van der Waals surface area contributed by atoms with E-state index in [9.17, 15) is 13.2 Å². The molecule has 1 atom stereocenters. The quantitative estimate of drug-likeness (QED) is 0.533. The molecular weight excluding hydrogens is 377 g/mol. The largest absolute Gasteiger partial charge is 0.414 e. The van der Waals surface area contributed by atoms with E-state index in [0.29, 0.717) is 10.6 Å². The SMILES string of the molecule is Cc1cc(-c2cccc(CO[C@H](C)C(F)(F)F)c2)n(-c2ccc(Cl)cc2)n1. The van der Waals surface area contributed by atoms with E-state index in [-0.39, 0.29) is 6.61 Å². The molecule has 3 nitrogen and oxygen atoms in total. The first-order chi connectivity index (χ1) is 12.7. The van der Waals surface area contributed by atoms with Crippen LogP contribution in [-0.4, -0.2) is 22.1 Å². The van der Waals surface area contributed by atoms with E-state index in [0.717, 1.165) is 29.6 Å². The normalized spacial score (nSPS) is 13.0. The summed E-state index contributed by atoms with van der Waals surface area (Å²) in [6.07, 6.45) is -6.19. The Balaban J connectivity index is 1.88. The zero-order valence-corrected chi connectivity index (χ0v) is 15.6. The molecule has 0 unspecified atom stereocenters. The molecule has 0 bridgehead atoms. The van der Waals surface area contributed by atoms with Gasteiger partial charge in [-0.25, -0.2) is 4.68 Å². The third-order valence-electron chi connectivity index (χ3n) is 4.09. The Kier molecular flexibility index (Phi) is 5.58. The number of benzene rings is 2. The Morgan fingerprint density at radius 2 is 1.81 bits per heavy atom. The highest BCUT2D eigenvalue weighted by Gasteiger charge is 2.36. The molecule has 0 spiro atoms. The monoisotopic (exact) mass is 394 g/mol. The maximum atomic E-state index is 12.6. The lowest BCUT2D eigenvalue weighted by atomic mass is 10.1. The number of hydrogen-bond donors (Lipinski definition) is 0. The van der Waals surface area contributed by atoms with Gasteiger partial charge in [0.05, 0.1) is 23.7 Å². The number of rotatable bonds is 5. The number of aryl methyl sites for hydroxylation is 1. The van der Waals surface area contributed by atoms with Gasteiger partial charge in [-0.15, -0.1) is 0 Å². The predicted octanol–water partition coefficient (Wildman–Crippen LogP) is 5.97. The van der Waals surface area contributed by atoms with Crippen molar-refractivity contribution in [1.82, 2.24) is 9.78 Å². The molecule has 3 aromatic rings. The minimum Gasteiger partial charge on any atom is -0.364 e. The number of nitrogens with zero attached hydrogens (tertiary/aromatic N) is 2. The molecule has 1 heterocycles. The summed E-state index contributed by atoms with van der Waals surface area (Å²) in [5, 5.41) is 5.14. The van der Waals surface area contributed by atoms with Gasteiger partial charge in [-0.1, -0.05) is 29.8 Å². The van der Waals surface area contributed by atoms with E-state index in [1.165, 1.54) is 0 Å². The molecule has 0 N–H and O–H groups in total. The third-order valence-corrected chi connectivity index (χ3v) is 4.34. The fraction of sp³-hybridized carbons (Fsp3) is 0.250. The number of alkyl halides is 3. The lowest BCUT2D eigenvalue weighted by molar-refractivity contribution is -0.217. The van der Waals surface area contributed by atoms with Crippen LogP contribution in [0.3, 0.4) is 0 Å². The van der Waals surface area contributed by atoms with Gasteiger partial charge in [-0.05, 0) is 55.8 Å². The highest BCUT2D eigenvalue weighted by molar-refractivity contribution is 6.30. The summed E-state index contributed by atoms with van der Waals surface area (Å²) in [5.74, 6) is 0. The smallest absolute Gasteiger partial charge is 0.364 e. The molecule has 0 saturated carbocycles. The van der Waals surface area contributed by atoms with Crippen LogP contribution in [0.4, 0.5) is 13.2 Å². The molecule has 0 radical (unpaired) electrons. The van der Waals surface area contributed by atoms with E-state index in [4.69, 9.17) is 16.3 Å². The van der Waals surface area contributed by atoms with Crippen LogP contribution in [0.2, 0.25) is 5.02 Å². The van der Waals surface area contributed by atoms with E-state index in [2.05, 4.69) is 5.10 Å². The van der Waals surface area contributed by atoms with Gasteiger partial charge in [0.15, 0.2) is 6.10 Å². The molecule has 0 amide bonds.